The topological polar surface area (TPSA) is 78.9 Å². The van der Waals surface area contributed by atoms with Gasteiger partial charge in [-0.25, -0.2) is 0 Å². The first-order valence-electron chi connectivity index (χ1n) is 26.3. The van der Waals surface area contributed by atoms with Crippen LogP contribution in [-0.2, 0) is 28.6 Å². The fraction of sp³-hybridized carbons (Fsp3) is 0.943. The second kappa shape index (κ2) is 45.9. The van der Waals surface area contributed by atoms with Gasteiger partial charge in [0.1, 0.15) is 13.2 Å². The van der Waals surface area contributed by atoms with Crippen LogP contribution in [0.15, 0.2) is 0 Å². The maximum absolute atomic E-state index is 12.7. The van der Waals surface area contributed by atoms with Gasteiger partial charge in [-0.05, 0) is 31.1 Å². The molecule has 6 nitrogen and oxygen atoms in total. The van der Waals surface area contributed by atoms with Crippen LogP contribution in [0.2, 0.25) is 0 Å². The van der Waals surface area contributed by atoms with Crippen molar-refractivity contribution in [2.24, 2.45) is 11.8 Å². The molecular formula is C53H102O6. The molecule has 0 bridgehead atoms. The Morgan fingerprint density at radius 2 is 0.644 bits per heavy atom. The van der Waals surface area contributed by atoms with E-state index >= 15 is 0 Å². The van der Waals surface area contributed by atoms with E-state index in [1.807, 2.05) is 0 Å². The molecule has 59 heavy (non-hydrogen) atoms. The van der Waals surface area contributed by atoms with Crippen molar-refractivity contribution in [3.63, 3.8) is 0 Å². The summed E-state index contributed by atoms with van der Waals surface area (Å²) in [7, 11) is 0. The van der Waals surface area contributed by atoms with Gasteiger partial charge in [0.15, 0.2) is 6.10 Å². The Kier molecular flexibility index (Phi) is 44.7. The number of carbonyl (C=O) groups is 3. The molecule has 0 saturated heterocycles. The van der Waals surface area contributed by atoms with Gasteiger partial charge in [-0.3, -0.25) is 14.4 Å². The molecule has 0 fully saturated rings. The Morgan fingerprint density at radius 3 is 0.966 bits per heavy atom. The largest absolute Gasteiger partial charge is 0.462 e. The minimum absolute atomic E-state index is 0.0644. The molecular weight excluding hydrogens is 733 g/mol. The van der Waals surface area contributed by atoms with E-state index in [9.17, 15) is 14.4 Å². The zero-order valence-corrected chi connectivity index (χ0v) is 40.4. The molecule has 0 heterocycles. The Hall–Kier alpha value is -1.59. The van der Waals surface area contributed by atoms with Crippen LogP contribution >= 0.6 is 0 Å². The molecule has 0 radical (unpaired) electrons. The second-order valence-corrected chi connectivity index (χ2v) is 18.9. The van der Waals surface area contributed by atoms with Gasteiger partial charge < -0.3 is 14.2 Å². The first-order valence-corrected chi connectivity index (χ1v) is 26.3. The minimum atomic E-state index is -0.762. The van der Waals surface area contributed by atoms with Crippen LogP contribution in [0.5, 0.6) is 0 Å². The molecule has 0 aromatic carbocycles. The maximum Gasteiger partial charge on any atom is 0.306 e. The quantitative estimate of drug-likeness (QED) is 0.0345. The first kappa shape index (κ1) is 57.4. The fourth-order valence-corrected chi connectivity index (χ4v) is 7.96. The number of hydrogen-bond donors (Lipinski definition) is 0. The van der Waals surface area contributed by atoms with Crippen LogP contribution in [0.1, 0.15) is 291 Å². The van der Waals surface area contributed by atoms with Gasteiger partial charge in [0.05, 0.1) is 0 Å². The van der Waals surface area contributed by atoms with E-state index in [4.69, 9.17) is 14.2 Å². The maximum atomic E-state index is 12.7. The first-order chi connectivity index (χ1) is 28.8. The number of unbranched alkanes of at least 4 members (excludes halogenated alkanes) is 31. The number of carbonyl (C=O) groups excluding carboxylic acids is 3. The molecule has 0 aromatic rings. The van der Waals surface area contributed by atoms with Crippen LogP contribution in [0.25, 0.3) is 0 Å². The predicted octanol–water partition coefficient (Wildman–Crippen LogP) is 16.9. The highest BCUT2D eigenvalue weighted by molar-refractivity contribution is 5.71. The highest BCUT2D eigenvalue weighted by atomic mass is 16.6. The third-order valence-electron chi connectivity index (χ3n) is 12.3. The van der Waals surface area contributed by atoms with Gasteiger partial charge in [-0.1, -0.05) is 253 Å². The molecule has 0 aromatic heterocycles. The highest BCUT2D eigenvalue weighted by Gasteiger charge is 2.19. The van der Waals surface area contributed by atoms with E-state index in [1.165, 1.54) is 180 Å². The molecule has 6 heteroatoms. The summed E-state index contributed by atoms with van der Waals surface area (Å²) in [6, 6.07) is 0. The molecule has 0 saturated carbocycles. The van der Waals surface area contributed by atoms with E-state index in [0.717, 1.165) is 69.6 Å². The Balaban J connectivity index is 4.23. The molecule has 1 unspecified atom stereocenters. The Bertz CT molecular complexity index is 902. The second-order valence-electron chi connectivity index (χ2n) is 18.9. The average Bonchev–Trinajstić information content (AvgIpc) is 3.22. The molecule has 0 aliphatic rings. The van der Waals surface area contributed by atoms with Crippen molar-refractivity contribution in [1.82, 2.24) is 0 Å². The summed E-state index contributed by atoms with van der Waals surface area (Å²) in [5, 5.41) is 0. The third-order valence-corrected chi connectivity index (χ3v) is 12.3. The average molecular weight is 835 g/mol. The van der Waals surface area contributed by atoms with E-state index in [2.05, 4.69) is 34.6 Å². The van der Waals surface area contributed by atoms with E-state index in [-0.39, 0.29) is 31.1 Å². The standard InChI is InChI=1S/C53H102O6/c1-6-8-9-10-11-12-13-21-24-27-33-38-43-51(54)57-46-50(59-53(56)45-40-35-30-29-32-37-42-49(5)7-2)47-58-52(55)44-39-34-28-25-22-19-17-15-14-16-18-20-23-26-31-36-41-48(3)4/h48-50H,6-47H2,1-5H3/t49?,50-/m1/s1. The molecule has 0 aliphatic carbocycles. The monoisotopic (exact) mass is 835 g/mol. The predicted molar refractivity (Wildman–Crippen MR) is 252 cm³/mol. The summed E-state index contributed by atoms with van der Waals surface area (Å²) in [4.78, 5) is 37.9. The van der Waals surface area contributed by atoms with E-state index in [0.29, 0.717) is 19.3 Å². The van der Waals surface area contributed by atoms with Gasteiger partial charge in [-0.15, -0.1) is 0 Å². The summed E-state index contributed by atoms with van der Waals surface area (Å²) in [5.74, 6) is 0.812. The molecule has 2 atom stereocenters. The highest BCUT2D eigenvalue weighted by Crippen LogP contribution is 2.18. The molecule has 350 valence electrons. The third kappa shape index (κ3) is 45.8. The van der Waals surface area contributed by atoms with Gasteiger partial charge in [-0.2, -0.15) is 0 Å². The minimum Gasteiger partial charge on any atom is -0.462 e. The fourth-order valence-electron chi connectivity index (χ4n) is 7.96. The van der Waals surface area contributed by atoms with Crippen molar-refractivity contribution in [2.45, 2.75) is 298 Å². The molecule has 0 aliphatic heterocycles. The normalized spacial score (nSPS) is 12.5. The van der Waals surface area contributed by atoms with Gasteiger partial charge in [0, 0.05) is 19.3 Å². The van der Waals surface area contributed by atoms with E-state index < -0.39 is 6.10 Å². The van der Waals surface area contributed by atoms with Crippen LogP contribution < -0.4 is 0 Å². The molecule has 0 N–H and O–H groups in total. The van der Waals surface area contributed by atoms with Gasteiger partial charge >= 0.3 is 17.9 Å². The number of ether oxygens (including phenoxy) is 3. The smallest absolute Gasteiger partial charge is 0.306 e. The molecule has 0 spiro atoms. The van der Waals surface area contributed by atoms with Gasteiger partial charge in [0.25, 0.3) is 0 Å². The van der Waals surface area contributed by atoms with Crippen molar-refractivity contribution in [3.05, 3.63) is 0 Å². The SMILES string of the molecule is CCCCCCCCCCCCCCC(=O)OC[C@H](COC(=O)CCCCCCCCCCCCCCCCCCC(C)C)OC(=O)CCCCCCCCC(C)CC. The van der Waals surface area contributed by atoms with Crippen molar-refractivity contribution < 1.29 is 28.6 Å². The Labute approximate surface area is 368 Å². The van der Waals surface area contributed by atoms with E-state index in [1.54, 1.807) is 0 Å². The van der Waals surface area contributed by atoms with Crippen LogP contribution in [0.4, 0.5) is 0 Å². The summed E-state index contributed by atoms with van der Waals surface area (Å²) < 4.78 is 16.8. The Morgan fingerprint density at radius 1 is 0.356 bits per heavy atom. The number of rotatable bonds is 47. The molecule has 0 rings (SSSR count). The molecule has 0 amide bonds. The van der Waals surface area contributed by atoms with Gasteiger partial charge in [0.2, 0.25) is 0 Å². The lowest BCUT2D eigenvalue weighted by atomic mass is 10.00. The summed E-state index contributed by atoms with van der Waals surface area (Å²) in [6.07, 6.45) is 46.6. The lowest BCUT2D eigenvalue weighted by Gasteiger charge is -2.18. The van der Waals surface area contributed by atoms with Crippen LogP contribution in [0, 0.1) is 11.8 Å². The summed E-state index contributed by atoms with van der Waals surface area (Å²) >= 11 is 0. The van der Waals surface area contributed by atoms with Crippen LogP contribution in [-0.4, -0.2) is 37.2 Å². The zero-order chi connectivity index (χ0) is 43.3. The summed E-state index contributed by atoms with van der Waals surface area (Å²) in [5.41, 5.74) is 0. The number of esters is 3. The number of hydrogen-bond acceptors (Lipinski definition) is 6. The van der Waals surface area contributed by atoms with Crippen molar-refractivity contribution in [3.8, 4) is 0 Å². The summed E-state index contributed by atoms with van der Waals surface area (Å²) in [6.45, 7) is 11.4. The van der Waals surface area contributed by atoms with Crippen molar-refractivity contribution in [2.75, 3.05) is 13.2 Å². The van der Waals surface area contributed by atoms with Crippen LogP contribution in [0.3, 0.4) is 0 Å². The van der Waals surface area contributed by atoms with Crippen molar-refractivity contribution in [1.29, 1.82) is 0 Å². The lowest BCUT2D eigenvalue weighted by Crippen LogP contribution is -2.30. The zero-order valence-electron chi connectivity index (χ0n) is 40.4. The van der Waals surface area contributed by atoms with Crippen molar-refractivity contribution >= 4 is 17.9 Å². The lowest BCUT2D eigenvalue weighted by molar-refractivity contribution is -0.167.